The zero-order chi connectivity index (χ0) is 20.7. The van der Waals surface area contributed by atoms with Crippen LogP contribution in [0.25, 0.3) is 0 Å². The molecule has 0 unspecified atom stereocenters. The standard InChI is InChI=1S/C20H20N2O6/c1-13-7-6-10-16(19(13)22(26)27)20(25)28-12-18(24)21-17(14(2)23)11-15-8-4-3-5-9-15/h3-10,17H,11-12H2,1-2H3,(H,21,24)/t17-/m1/s1. The first kappa shape index (κ1) is 20.8. The van der Waals surface area contributed by atoms with E-state index in [0.717, 1.165) is 5.56 Å². The van der Waals surface area contributed by atoms with Crippen LogP contribution in [-0.4, -0.2) is 35.2 Å². The van der Waals surface area contributed by atoms with E-state index in [1.165, 1.54) is 32.0 Å². The van der Waals surface area contributed by atoms with Crippen LogP contribution in [0, 0.1) is 17.0 Å². The minimum absolute atomic E-state index is 0.231. The van der Waals surface area contributed by atoms with Crippen LogP contribution >= 0.6 is 0 Å². The van der Waals surface area contributed by atoms with Crippen LogP contribution < -0.4 is 5.32 Å². The molecular weight excluding hydrogens is 364 g/mol. The van der Waals surface area contributed by atoms with Gasteiger partial charge in [0.2, 0.25) is 0 Å². The second kappa shape index (κ2) is 9.40. The van der Waals surface area contributed by atoms with Gasteiger partial charge in [-0.3, -0.25) is 19.7 Å². The highest BCUT2D eigenvalue weighted by atomic mass is 16.6. The van der Waals surface area contributed by atoms with Gasteiger partial charge in [0.1, 0.15) is 5.56 Å². The van der Waals surface area contributed by atoms with E-state index < -0.39 is 29.4 Å². The third-order valence-corrected chi connectivity index (χ3v) is 4.08. The molecule has 2 rings (SSSR count). The smallest absolute Gasteiger partial charge is 0.345 e. The Morgan fingerprint density at radius 1 is 1.11 bits per heavy atom. The number of benzene rings is 2. The van der Waals surface area contributed by atoms with Gasteiger partial charge in [0.15, 0.2) is 12.4 Å². The van der Waals surface area contributed by atoms with Crippen molar-refractivity contribution in [2.45, 2.75) is 26.3 Å². The number of carbonyl (C=O) groups excluding carboxylic acids is 3. The van der Waals surface area contributed by atoms with Crippen molar-refractivity contribution in [3.05, 3.63) is 75.3 Å². The number of carbonyl (C=O) groups is 3. The average molecular weight is 384 g/mol. The number of hydrogen-bond donors (Lipinski definition) is 1. The van der Waals surface area contributed by atoms with Gasteiger partial charge in [0, 0.05) is 5.56 Å². The van der Waals surface area contributed by atoms with E-state index in [-0.39, 0.29) is 17.0 Å². The molecule has 0 saturated carbocycles. The number of Topliss-reactive ketones (excluding diaryl/α,β-unsaturated/α-hetero) is 1. The molecule has 2 aromatic rings. The molecule has 0 aliphatic heterocycles. The number of nitro benzene ring substituents is 1. The summed E-state index contributed by atoms with van der Waals surface area (Å²) in [5.74, 6) is -1.88. The summed E-state index contributed by atoms with van der Waals surface area (Å²) < 4.78 is 4.90. The molecule has 8 heteroatoms. The second-order valence-electron chi connectivity index (χ2n) is 6.22. The Balaban J connectivity index is 1.99. The molecule has 0 spiro atoms. The number of hydrogen-bond acceptors (Lipinski definition) is 6. The molecular formula is C20H20N2O6. The van der Waals surface area contributed by atoms with E-state index in [0.29, 0.717) is 12.0 Å². The topological polar surface area (TPSA) is 116 Å². The lowest BCUT2D eigenvalue weighted by atomic mass is 10.0. The minimum atomic E-state index is -0.979. The number of rotatable bonds is 8. The quantitative estimate of drug-likeness (QED) is 0.424. The first-order chi connectivity index (χ1) is 13.3. The molecule has 0 heterocycles. The summed E-state index contributed by atoms with van der Waals surface area (Å²) >= 11 is 0. The number of nitrogens with one attached hydrogen (secondary N) is 1. The number of para-hydroxylation sites is 1. The number of nitrogens with zero attached hydrogens (tertiary/aromatic N) is 1. The van der Waals surface area contributed by atoms with Crippen molar-refractivity contribution in [3.8, 4) is 0 Å². The normalized spacial score (nSPS) is 11.4. The Bertz CT molecular complexity index is 895. The summed E-state index contributed by atoms with van der Waals surface area (Å²) in [5, 5.41) is 13.7. The van der Waals surface area contributed by atoms with Gasteiger partial charge >= 0.3 is 5.97 Å². The number of aryl methyl sites for hydroxylation is 1. The lowest BCUT2D eigenvalue weighted by Gasteiger charge is -2.16. The Morgan fingerprint density at radius 3 is 2.39 bits per heavy atom. The summed E-state index contributed by atoms with van der Waals surface area (Å²) in [7, 11) is 0. The highest BCUT2D eigenvalue weighted by Crippen LogP contribution is 2.23. The van der Waals surface area contributed by atoms with Gasteiger partial charge in [0.05, 0.1) is 11.0 Å². The van der Waals surface area contributed by atoms with Crippen molar-refractivity contribution in [2.24, 2.45) is 0 Å². The predicted octanol–water partition coefficient (Wildman–Crippen LogP) is 2.38. The first-order valence-electron chi connectivity index (χ1n) is 8.54. The lowest BCUT2D eigenvalue weighted by Crippen LogP contribution is -2.43. The van der Waals surface area contributed by atoms with Crippen LogP contribution in [0.5, 0.6) is 0 Å². The number of amides is 1. The molecule has 0 radical (unpaired) electrons. The summed E-state index contributed by atoms with van der Waals surface area (Å²) in [6.07, 6.45) is 0.305. The molecule has 0 fully saturated rings. The summed E-state index contributed by atoms with van der Waals surface area (Å²) in [6.45, 7) is 2.21. The highest BCUT2D eigenvalue weighted by molar-refractivity contribution is 5.96. The lowest BCUT2D eigenvalue weighted by molar-refractivity contribution is -0.385. The molecule has 1 atom stereocenters. The molecule has 2 aromatic carbocycles. The van der Waals surface area contributed by atoms with E-state index in [2.05, 4.69) is 5.32 Å². The molecule has 0 aliphatic carbocycles. The number of nitro groups is 1. The Kier molecular flexibility index (Phi) is 6.97. The average Bonchev–Trinajstić information content (AvgIpc) is 2.65. The van der Waals surface area contributed by atoms with Crippen LogP contribution in [0.1, 0.15) is 28.4 Å². The molecule has 1 N–H and O–H groups in total. The Hall–Kier alpha value is -3.55. The molecule has 0 bridgehead atoms. The van der Waals surface area contributed by atoms with Crippen molar-refractivity contribution in [1.82, 2.24) is 5.32 Å². The van der Waals surface area contributed by atoms with Crippen LogP contribution in [0.2, 0.25) is 0 Å². The molecule has 28 heavy (non-hydrogen) atoms. The van der Waals surface area contributed by atoms with Crippen LogP contribution in [-0.2, 0) is 20.7 Å². The fourth-order valence-corrected chi connectivity index (χ4v) is 2.66. The molecule has 0 aromatic heterocycles. The van der Waals surface area contributed by atoms with Gasteiger partial charge in [0.25, 0.3) is 11.6 Å². The first-order valence-corrected chi connectivity index (χ1v) is 8.54. The Morgan fingerprint density at radius 2 is 1.79 bits per heavy atom. The molecule has 8 nitrogen and oxygen atoms in total. The monoisotopic (exact) mass is 384 g/mol. The summed E-state index contributed by atoms with van der Waals surface area (Å²) in [4.78, 5) is 46.6. The van der Waals surface area contributed by atoms with E-state index in [1.807, 2.05) is 30.3 Å². The highest BCUT2D eigenvalue weighted by Gasteiger charge is 2.25. The van der Waals surface area contributed by atoms with Crippen molar-refractivity contribution in [1.29, 1.82) is 0 Å². The van der Waals surface area contributed by atoms with Crippen molar-refractivity contribution in [3.63, 3.8) is 0 Å². The van der Waals surface area contributed by atoms with E-state index in [4.69, 9.17) is 4.74 Å². The van der Waals surface area contributed by atoms with Crippen LogP contribution in [0.4, 0.5) is 5.69 Å². The Labute approximate surface area is 161 Å². The second-order valence-corrected chi connectivity index (χ2v) is 6.22. The van der Waals surface area contributed by atoms with Crippen LogP contribution in [0.3, 0.4) is 0 Å². The molecule has 1 amide bonds. The third-order valence-electron chi connectivity index (χ3n) is 4.08. The fraction of sp³-hybridized carbons (Fsp3) is 0.250. The zero-order valence-electron chi connectivity index (χ0n) is 15.5. The zero-order valence-corrected chi connectivity index (χ0v) is 15.5. The van der Waals surface area contributed by atoms with Crippen molar-refractivity contribution < 1.29 is 24.0 Å². The molecule has 146 valence electrons. The third kappa shape index (κ3) is 5.47. The van der Waals surface area contributed by atoms with Gasteiger partial charge in [-0.05, 0) is 31.9 Å². The van der Waals surface area contributed by atoms with Gasteiger partial charge in [-0.15, -0.1) is 0 Å². The van der Waals surface area contributed by atoms with E-state index in [9.17, 15) is 24.5 Å². The van der Waals surface area contributed by atoms with Gasteiger partial charge in [-0.1, -0.05) is 42.5 Å². The molecule has 0 aliphatic rings. The molecule has 0 saturated heterocycles. The van der Waals surface area contributed by atoms with Gasteiger partial charge in [-0.2, -0.15) is 0 Å². The van der Waals surface area contributed by atoms with Crippen molar-refractivity contribution >= 4 is 23.3 Å². The maximum absolute atomic E-state index is 12.2. The van der Waals surface area contributed by atoms with E-state index in [1.54, 1.807) is 0 Å². The minimum Gasteiger partial charge on any atom is -0.452 e. The summed E-state index contributed by atoms with van der Waals surface area (Å²) in [6, 6.07) is 12.6. The maximum Gasteiger partial charge on any atom is 0.345 e. The maximum atomic E-state index is 12.2. The van der Waals surface area contributed by atoms with Gasteiger partial charge < -0.3 is 10.1 Å². The van der Waals surface area contributed by atoms with Gasteiger partial charge in [-0.25, -0.2) is 4.79 Å². The van der Waals surface area contributed by atoms with Crippen LogP contribution in [0.15, 0.2) is 48.5 Å². The van der Waals surface area contributed by atoms with Crippen molar-refractivity contribution in [2.75, 3.05) is 6.61 Å². The predicted molar refractivity (Wildman–Crippen MR) is 101 cm³/mol. The van der Waals surface area contributed by atoms with E-state index >= 15 is 0 Å². The number of esters is 1. The summed E-state index contributed by atoms with van der Waals surface area (Å²) in [5.41, 5.74) is 0.586. The SMILES string of the molecule is CC(=O)[C@@H](Cc1ccccc1)NC(=O)COC(=O)c1cccc(C)c1[N+](=O)[O-]. The fourth-order valence-electron chi connectivity index (χ4n) is 2.66. The number of ether oxygens (including phenoxy) is 1. The largest absolute Gasteiger partial charge is 0.452 e. The number of ketones is 1.